The summed E-state index contributed by atoms with van der Waals surface area (Å²) in [6, 6.07) is 10.9. The third kappa shape index (κ3) is 4.47. The minimum atomic E-state index is -0.189. The monoisotopic (exact) mass is 342 g/mol. The Morgan fingerprint density at radius 3 is 1.64 bits per heavy atom. The van der Waals surface area contributed by atoms with Crippen LogP contribution < -0.4 is 4.74 Å². The summed E-state index contributed by atoms with van der Waals surface area (Å²) in [5.74, 6) is 1.34. The first kappa shape index (κ1) is 19.2. The number of ether oxygens (including phenoxy) is 1. The van der Waals surface area contributed by atoms with Crippen molar-refractivity contribution in [3.63, 3.8) is 0 Å². The summed E-state index contributed by atoms with van der Waals surface area (Å²) in [5.41, 5.74) is 2.37. The van der Waals surface area contributed by atoms with E-state index in [9.17, 15) is 10.2 Å². The Kier molecular flexibility index (Phi) is 5.08. The largest absolute Gasteiger partial charge is 0.508 e. The highest BCUT2D eigenvalue weighted by atomic mass is 16.5. The van der Waals surface area contributed by atoms with Crippen molar-refractivity contribution in [1.29, 1.82) is 0 Å². The molecule has 0 heterocycles. The molecule has 3 heteroatoms. The van der Waals surface area contributed by atoms with Gasteiger partial charge in [0.2, 0.25) is 0 Å². The minimum Gasteiger partial charge on any atom is -0.508 e. The van der Waals surface area contributed by atoms with E-state index in [0.29, 0.717) is 5.75 Å². The molecular weight excluding hydrogens is 312 g/mol. The predicted molar refractivity (Wildman–Crippen MR) is 103 cm³/mol. The lowest BCUT2D eigenvalue weighted by molar-refractivity contribution is 0.225. The second-order valence-corrected chi connectivity index (χ2v) is 8.72. The Balaban J connectivity index is 2.45. The molecular formula is C22H30O3. The number of hydrogen-bond donors (Lipinski definition) is 2. The molecule has 0 aliphatic rings. The molecule has 2 aromatic carbocycles. The van der Waals surface area contributed by atoms with Crippen molar-refractivity contribution in [2.75, 3.05) is 0 Å². The van der Waals surface area contributed by atoms with Crippen LogP contribution in [0.4, 0.5) is 0 Å². The van der Waals surface area contributed by atoms with E-state index in [1.54, 1.807) is 12.1 Å². The maximum absolute atomic E-state index is 10.8. The number of hydrogen-bond acceptors (Lipinski definition) is 3. The molecule has 136 valence electrons. The Morgan fingerprint density at radius 2 is 1.24 bits per heavy atom. The SMILES string of the molecule is CC(Oc1cc(C(C)(C)C)c(O)c(C(C)(C)C)c1)c1ccc(O)cc1. The van der Waals surface area contributed by atoms with Crippen LogP contribution >= 0.6 is 0 Å². The van der Waals surface area contributed by atoms with E-state index < -0.39 is 0 Å². The second kappa shape index (κ2) is 6.62. The fraction of sp³-hybridized carbons (Fsp3) is 0.455. The number of aromatic hydroxyl groups is 2. The van der Waals surface area contributed by atoms with Crippen LogP contribution in [0.15, 0.2) is 36.4 Å². The third-order valence-electron chi connectivity index (χ3n) is 4.37. The van der Waals surface area contributed by atoms with Crippen molar-refractivity contribution in [2.45, 2.75) is 65.4 Å². The van der Waals surface area contributed by atoms with Crippen LogP contribution in [0.5, 0.6) is 17.2 Å². The van der Waals surface area contributed by atoms with Crippen LogP contribution in [0.2, 0.25) is 0 Å². The third-order valence-corrected chi connectivity index (χ3v) is 4.37. The molecule has 0 saturated heterocycles. The van der Waals surface area contributed by atoms with Crippen molar-refractivity contribution in [3.8, 4) is 17.2 Å². The summed E-state index contributed by atoms with van der Waals surface area (Å²) in [4.78, 5) is 0. The van der Waals surface area contributed by atoms with E-state index in [1.807, 2.05) is 31.2 Å². The van der Waals surface area contributed by atoms with Crippen LogP contribution in [0, 0.1) is 0 Å². The topological polar surface area (TPSA) is 49.7 Å². The van der Waals surface area contributed by atoms with E-state index >= 15 is 0 Å². The highest BCUT2D eigenvalue weighted by Gasteiger charge is 2.27. The van der Waals surface area contributed by atoms with Crippen LogP contribution in [0.1, 0.15) is 71.3 Å². The summed E-state index contributed by atoms with van der Waals surface area (Å²) < 4.78 is 6.17. The van der Waals surface area contributed by atoms with Gasteiger partial charge in [0.05, 0.1) is 0 Å². The van der Waals surface area contributed by atoms with Gasteiger partial charge in [-0.05, 0) is 47.6 Å². The zero-order valence-electron chi connectivity index (χ0n) is 16.3. The van der Waals surface area contributed by atoms with E-state index in [2.05, 4.69) is 41.5 Å². The second-order valence-electron chi connectivity index (χ2n) is 8.72. The summed E-state index contributed by atoms with van der Waals surface area (Å²) in [7, 11) is 0. The summed E-state index contributed by atoms with van der Waals surface area (Å²) in [6.45, 7) is 14.5. The molecule has 0 saturated carbocycles. The molecule has 1 atom stereocenters. The standard InChI is InChI=1S/C22H30O3/c1-14(15-8-10-16(23)11-9-15)25-17-12-18(21(2,3)4)20(24)19(13-17)22(5,6)7/h8-14,23-24H,1-7H3. The maximum Gasteiger partial charge on any atom is 0.123 e. The lowest BCUT2D eigenvalue weighted by atomic mass is 9.79. The fourth-order valence-corrected chi connectivity index (χ4v) is 2.84. The van der Waals surface area contributed by atoms with Gasteiger partial charge in [-0.25, -0.2) is 0 Å². The minimum absolute atomic E-state index is 0.161. The van der Waals surface area contributed by atoms with Gasteiger partial charge in [0.1, 0.15) is 23.4 Å². The fourth-order valence-electron chi connectivity index (χ4n) is 2.84. The number of benzene rings is 2. The van der Waals surface area contributed by atoms with Gasteiger partial charge in [-0.1, -0.05) is 53.7 Å². The summed E-state index contributed by atoms with van der Waals surface area (Å²) >= 11 is 0. The molecule has 2 aromatic rings. The van der Waals surface area contributed by atoms with Crippen molar-refractivity contribution < 1.29 is 14.9 Å². The molecule has 0 radical (unpaired) electrons. The number of phenols is 2. The Hall–Kier alpha value is -2.16. The molecule has 0 aromatic heterocycles. The lowest BCUT2D eigenvalue weighted by Gasteiger charge is -2.28. The van der Waals surface area contributed by atoms with Crippen LogP contribution in [-0.2, 0) is 10.8 Å². The Morgan fingerprint density at radius 1 is 0.800 bits per heavy atom. The molecule has 2 N–H and O–H groups in total. The van der Waals surface area contributed by atoms with E-state index in [4.69, 9.17) is 4.74 Å². The lowest BCUT2D eigenvalue weighted by Crippen LogP contribution is -2.17. The van der Waals surface area contributed by atoms with Crippen LogP contribution in [-0.4, -0.2) is 10.2 Å². The zero-order chi connectivity index (χ0) is 19.0. The molecule has 0 aliphatic heterocycles. The van der Waals surface area contributed by atoms with Crippen LogP contribution in [0.3, 0.4) is 0 Å². The van der Waals surface area contributed by atoms with Crippen molar-refractivity contribution >= 4 is 0 Å². The van der Waals surface area contributed by atoms with Gasteiger partial charge >= 0.3 is 0 Å². The van der Waals surface area contributed by atoms with Crippen LogP contribution in [0.25, 0.3) is 0 Å². The highest BCUT2D eigenvalue weighted by molar-refractivity contribution is 5.52. The molecule has 1 unspecified atom stereocenters. The maximum atomic E-state index is 10.8. The Labute approximate surface area is 151 Å². The average Bonchev–Trinajstić information content (AvgIpc) is 2.47. The molecule has 3 nitrogen and oxygen atoms in total. The van der Waals surface area contributed by atoms with Gasteiger partial charge in [0.25, 0.3) is 0 Å². The molecule has 0 aliphatic carbocycles. The van der Waals surface area contributed by atoms with Gasteiger partial charge in [0.15, 0.2) is 0 Å². The first-order valence-electron chi connectivity index (χ1n) is 8.73. The van der Waals surface area contributed by atoms with Crippen molar-refractivity contribution in [1.82, 2.24) is 0 Å². The quantitative estimate of drug-likeness (QED) is 0.737. The average molecular weight is 342 g/mol. The highest BCUT2D eigenvalue weighted by Crippen LogP contribution is 2.42. The number of rotatable bonds is 3. The molecule has 0 spiro atoms. The first-order chi connectivity index (χ1) is 11.4. The van der Waals surface area contributed by atoms with Crippen molar-refractivity contribution in [2.24, 2.45) is 0 Å². The normalized spacial score (nSPS) is 13.6. The summed E-state index contributed by atoms with van der Waals surface area (Å²) in [6.07, 6.45) is -0.161. The Bertz CT molecular complexity index is 696. The van der Waals surface area contributed by atoms with Gasteiger partial charge in [-0.3, -0.25) is 0 Å². The van der Waals surface area contributed by atoms with E-state index in [-0.39, 0.29) is 22.7 Å². The molecule has 2 rings (SSSR count). The van der Waals surface area contributed by atoms with Gasteiger partial charge in [-0.2, -0.15) is 0 Å². The van der Waals surface area contributed by atoms with Gasteiger partial charge in [0, 0.05) is 11.1 Å². The first-order valence-corrected chi connectivity index (χ1v) is 8.73. The van der Waals surface area contributed by atoms with Crippen molar-refractivity contribution in [3.05, 3.63) is 53.1 Å². The molecule has 0 bridgehead atoms. The van der Waals surface area contributed by atoms with E-state index in [1.165, 1.54) is 0 Å². The van der Waals surface area contributed by atoms with Gasteiger partial charge in [-0.15, -0.1) is 0 Å². The zero-order valence-corrected chi connectivity index (χ0v) is 16.3. The predicted octanol–water partition coefficient (Wildman–Crippen LogP) is 5.83. The summed E-state index contributed by atoms with van der Waals surface area (Å²) in [5, 5.41) is 20.2. The molecule has 0 amide bonds. The molecule has 25 heavy (non-hydrogen) atoms. The molecule has 0 fully saturated rings. The van der Waals surface area contributed by atoms with Gasteiger partial charge < -0.3 is 14.9 Å². The number of phenolic OH excluding ortho intramolecular Hbond substituents is 2. The van der Waals surface area contributed by atoms with E-state index in [0.717, 1.165) is 22.4 Å². The smallest absolute Gasteiger partial charge is 0.123 e.